The average Bonchev–Trinajstić information content (AvgIpc) is 3.30. The van der Waals surface area contributed by atoms with Crippen LogP contribution in [0.5, 0.6) is 0 Å². The van der Waals surface area contributed by atoms with Gasteiger partial charge in [0.05, 0.1) is 10.6 Å². The van der Waals surface area contributed by atoms with Crippen LogP contribution >= 0.6 is 11.3 Å². The summed E-state index contributed by atoms with van der Waals surface area (Å²) in [5, 5.41) is 25.8. The second-order valence-electron chi connectivity index (χ2n) is 6.60. The van der Waals surface area contributed by atoms with E-state index in [1.807, 2.05) is 35.7 Å². The molecular weight excluding hydrogens is 408 g/mol. The maximum atomic E-state index is 10.7. The molecule has 0 spiro atoms. The van der Waals surface area contributed by atoms with E-state index in [1.54, 1.807) is 18.3 Å². The number of nitrogens with one attached hydrogen (secondary N) is 1. The van der Waals surface area contributed by atoms with Gasteiger partial charge in [-0.2, -0.15) is 5.26 Å². The van der Waals surface area contributed by atoms with Crippen LogP contribution in [-0.4, -0.2) is 9.91 Å². The van der Waals surface area contributed by atoms with E-state index in [2.05, 4.69) is 40.6 Å². The zero-order chi connectivity index (χ0) is 21.6. The van der Waals surface area contributed by atoms with E-state index < -0.39 is 4.92 Å². The van der Waals surface area contributed by atoms with Crippen LogP contribution in [0, 0.1) is 21.4 Å². The third-order valence-electron chi connectivity index (χ3n) is 4.60. The lowest BCUT2D eigenvalue weighted by atomic mass is 10.0. The molecule has 0 bridgehead atoms. The van der Waals surface area contributed by atoms with Crippen LogP contribution in [0.2, 0.25) is 0 Å². The van der Waals surface area contributed by atoms with Gasteiger partial charge >= 0.3 is 0 Å². The Balaban J connectivity index is 1.50. The fourth-order valence-electron chi connectivity index (χ4n) is 2.97. The van der Waals surface area contributed by atoms with E-state index in [0.717, 1.165) is 22.4 Å². The predicted octanol–water partition coefficient (Wildman–Crippen LogP) is 6.36. The van der Waals surface area contributed by atoms with Gasteiger partial charge in [-0.1, -0.05) is 54.6 Å². The minimum absolute atomic E-state index is 0.0119. The Labute approximate surface area is 182 Å². The van der Waals surface area contributed by atoms with E-state index in [-0.39, 0.29) is 5.69 Å². The van der Waals surface area contributed by atoms with Gasteiger partial charge in [-0.15, -0.1) is 11.3 Å². The van der Waals surface area contributed by atoms with Crippen LogP contribution < -0.4 is 5.32 Å². The Kier molecular flexibility index (Phi) is 5.83. The number of nitro groups is 1. The first kappa shape index (κ1) is 20.0. The van der Waals surface area contributed by atoms with E-state index in [1.165, 1.54) is 23.5 Å². The quantitative estimate of drug-likeness (QED) is 0.221. The fourth-order valence-corrected chi connectivity index (χ4v) is 3.77. The Morgan fingerprint density at radius 1 is 0.968 bits per heavy atom. The lowest BCUT2D eigenvalue weighted by Crippen LogP contribution is -1.92. The van der Waals surface area contributed by atoms with E-state index in [4.69, 9.17) is 0 Å². The lowest BCUT2D eigenvalue weighted by Gasteiger charge is -2.03. The minimum Gasteiger partial charge on any atom is -0.360 e. The van der Waals surface area contributed by atoms with Crippen molar-refractivity contribution in [3.63, 3.8) is 0 Å². The third-order valence-corrected chi connectivity index (χ3v) is 5.48. The number of hydrogen-bond donors (Lipinski definition) is 1. The van der Waals surface area contributed by atoms with Crippen LogP contribution in [0.1, 0.15) is 5.01 Å². The van der Waals surface area contributed by atoms with Crippen molar-refractivity contribution in [2.75, 3.05) is 5.32 Å². The van der Waals surface area contributed by atoms with Crippen LogP contribution in [0.4, 0.5) is 11.4 Å². The molecule has 1 aromatic heterocycles. The number of nitro benzene ring substituents is 1. The Morgan fingerprint density at radius 3 is 2.26 bits per heavy atom. The zero-order valence-electron chi connectivity index (χ0n) is 16.2. The van der Waals surface area contributed by atoms with Gasteiger partial charge in [0.2, 0.25) is 0 Å². The molecule has 150 valence electrons. The van der Waals surface area contributed by atoms with Crippen molar-refractivity contribution >= 4 is 28.3 Å². The number of benzene rings is 3. The van der Waals surface area contributed by atoms with Crippen LogP contribution in [0.3, 0.4) is 0 Å². The molecule has 0 aliphatic heterocycles. The molecule has 1 heterocycles. The molecule has 0 fully saturated rings. The topological polar surface area (TPSA) is 91.8 Å². The van der Waals surface area contributed by atoms with Gasteiger partial charge in [0.25, 0.3) is 5.69 Å². The van der Waals surface area contributed by atoms with Gasteiger partial charge in [-0.05, 0) is 23.3 Å². The summed E-state index contributed by atoms with van der Waals surface area (Å²) in [5.41, 5.74) is 5.10. The summed E-state index contributed by atoms with van der Waals surface area (Å²) < 4.78 is 0. The van der Waals surface area contributed by atoms with Crippen molar-refractivity contribution < 1.29 is 4.92 Å². The van der Waals surface area contributed by atoms with Gasteiger partial charge < -0.3 is 5.32 Å². The van der Waals surface area contributed by atoms with Crippen molar-refractivity contribution in [3.05, 3.63) is 106 Å². The summed E-state index contributed by atoms with van der Waals surface area (Å²) >= 11 is 1.39. The van der Waals surface area contributed by atoms with Crippen molar-refractivity contribution in [2.45, 2.75) is 0 Å². The molecule has 0 radical (unpaired) electrons. The molecule has 0 aliphatic carbocycles. The van der Waals surface area contributed by atoms with Crippen molar-refractivity contribution in [2.24, 2.45) is 0 Å². The fraction of sp³-hybridized carbons (Fsp3) is 0. The summed E-state index contributed by atoms with van der Waals surface area (Å²) in [5.74, 6) is 0. The molecule has 7 heteroatoms. The Morgan fingerprint density at radius 2 is 1.61 bits per heavy atom. The molecule has 31 heavy (non-hydrogen) atoms. The largest absolute Gasteiger partial charge is 0.360 e. The highest BCUT2D eigenvalue weighted by molar-refractivity contribution is 7.11. The van der Waals surface area contributed by atoms with E-state index in [9.17, 15) is 15.4 Å². The number of anilines is 1. The summed E-state index contributed by atoms with van der Waals surface area (Å²) in [6.45, 7) is 0. The number of allylic oxidation sites excluding steroid dienone is 1. The van der Waals surface area contributed by atoms with Gasteiger partial charge in [-0.3, -0.25) is 10.1 Å². The van der Waals surface area contributed by atoms with Crippen LogP contribution in [-0.2, 0) is 0 Å². The number of aromatic nitrogens is 1. The first-order chi connectivity index (χ1) is 15.1. The maximum absolute atomic E-state index is 10.7. The standard InChI is InChI=1S/C24H16N4O2S/c25-14-20(15-26-21-10-12-22(13-11-21)28(29)30)24-27-23(16-31-24)19-8-6-18(7-9-19)17-4-2-1-3-5-17/h1-13,15-16,26H/b20-15+. The number of nitrogens with zero attached hydrogens (tertiary/aromatic N) is 3. The zero-order valence-corrected chi connectivity index (χ0v) is 17.0. The third kappa shape index (κ3) is 4.66. The smallest absolute Gasteiger partial charge is 0.269 e. The maximum Gasteiger partial charge on any atom is 0.269 e. The molecule has 0 saturated heterocycles. The predicted molar refractivity (Wildman–Crippen MR) is 123 cm³/mol. The minimum atomic E-state index is -0.455. The normalized spacial score (nSPS) is 11.0. The molecule has 0 atom stereocenters. The molecule has 0 amide bonds. The first-order valence-electron chi connectivity index (χ1n) is 9.37. The summed E-state index contributed by atoms with van der Waals surface area (Å²) in [6.07, 6.45) is 1.56. The second-order valence-corrected chi connectivity index (χ2v) is 7.46. The van der Waals surface area contributed by atoms with Crippen molar-refractivity contribution in [1.82, 2.24) is 4.98 Å². The summed E-state index contributed by atoms with van der Waals surface area (Å²) in [7, 11) is 0. The Hall–Kier alpha value is -4.28. The summed E-state index contributed by atoms with van der Waals surface area (Å²) in [6, 6.07) is 26.4. The number of non-ortho nitro benzene ring substituents is 1. The van der Waals surface area contributed by atoms with Crippen LogP contribution in [0.25, 0.3) is 28.0 Å². The van der Waals surface area contributed by atoms with Gasteiger partial charge in [0, 0.05) is 35.0 Å². The second kappa shape index (κ2) is 9.03. The first-order valence-corrected chi connectivity index (χ1v) is 10.2. The molecule has 6 nitrogen and oxygen atoms in total. The average molecular weight is 424 g/mol. The number of thiazole rings is 1. The Bertz CT molecular complexity index is 1270. The van der Waals surface area contributed by atoms with Gasteiger partial charge in [0.1, 0.15) is 16.6 Å². The van der Waals surface area contributed by atoms with Crippen molar-refractivity contribution in [1.29, 1.82) is 5.26 Å². The highest BCUT2D eigenvalue weighted by atomic mass is 32.1. The number of hydrogen-bond acceptors (Lipinski definition) is 6. The lowest BCUT2D eigenvalue weighted by molar-refractivity contribution is -0.384. The summed E-state index contributed by atoms with van der Waals surface area (Å²) in [4.78, 5) is 14.9. The number of rotatable bonds is 6. The molecule has 0 unspecified atom stereocenters. The monoisotopic (exact) mass is 424 g/mol. The molecule has 0 aliphatic rings. The van der Waals surface area contributed by atoms with Gasteiger partial charge in [0.15, 0.2) is 0 Å². The number of nitriles is 1. The van der Waals surface area contributed by atoms with Gasteiger partial charge in [-0.25, -0.2) is 4.98 Å². The molecule has 0 saturated carbocycles. The molecule has 4 aromatic rings. The highest BCUT2D eigenvalue weighted by Gasteiger charge is 2.10. The van der Waals surface area contributed by atoms with Crippen molar-refractivity contribution in [3.8, 4) is 28.5 Å². The molecule has 4 rings (SSSR count). The molecule has 3 aromatic carbocycles. The van der Waals surface area contributed by atoms with E-state index >= 15 is 0 Å². The highest BCUT2D eigenvalue weighted by Crippen LogP contribution is 2.28. The van der Waals surface area contributed by atoms with E-state index in [0.29, 0.717) is 16.3 Å². The SMILES string of the molecule is N#C/C(=C\Nc1ccc([N+](=O)[O-])cc1)c1nc(-c2ccc(-c3ccccc3)cc2)cs1. The molecule has 1 N–H and O–H groups in total. The van der Waals surface area contributed by atoms with Crippen LogP contribution in [0.15, 0.2) is 90.4 Å². The molecular formula is C24H16N4O2S.